The smallest absolute Gasteiger partial charge is 0.243 e. The van der Waals surface area contributed by atoms with Crippen LogP contribution >= 0.6 is 0 Å². The van der Waals surface area contributed by atoms with Gasteiger partial charge in [-0.2, -0.15) is 8.61 Å². The molecule has 2 amide bonds. The molecule has 6 rings (SSSR count). The summed E-state index contributed by atoms with van der Waals surface area (Å²) in [6, 6.07) is 10.7. The van der Waals surface area contributed by atoms with Gasteiger partial charge in [-0.05, 0) is 88.8 Å². The molecule has 0 bridgehead atoms. The minimum atomic E-state index is -3.78. The van der Waals surface area contributed by atoms with E-state index in [-0.39, 0.29) is 47.8 Å². The van der Waals surface area contributed by atoms with Crippen molar-refractivity contribution in [1.29, 1.82) is 0 Å². The van der Waals surface area contributed by atoms with Crippen molar-refractivity contribution >= 4 is 31.9 Å². The molecule has 302 valence electrons. The lowest BCUT2D eigenvalue weighted by atomic mass is 10.0. The molecule has 2 aliphatic rings. The molecular weight excluding hydrogens is 757 g/mol. The number of hydrogen-bond donors (Lipinski definition) is 0. The van der Waals surface area contributed by atoms with Gasteiger partial charge in [0.1, 0.15) is 11.5 Å². The first-order valence-electron chi connectivity index (χ1n) is 19.2. The molecule has 16 heteroatoms. The maximum atomic E-state index is 13.7. The Labute approximate surface area is 329 Å². The van der Waals surface area contributed by atoms with Crippen molar-refractivity contribution in [3.63, 3.8) is 0 Å². The summed E-state index contributed by atoms with van der Waals surface area (Å²) in [6.07, 6.45) is 3.71. The highest BCUT2D eigenvalue weighted by Gasteiger charge is 2.33. The van der Waals surface area contributed by atoms with Gasteiger partial charge >= 0.3 is 0 Å². The van der Waals surface area contributed by atoms with Crippen LogP contribution in [-0.4, -0.2) is 110 Å². The molecule has 56 heavy (non-hydrogen) atoms. The van der Waals surface area contributed by atoms with Gasteiger partial charge in [-0.25, -0.2) is 16.8 Å². The topological polar surface area (TPSA) is 167 Å². The molecule has 0 N–H and O–H groups in total. The summed E-state index contributed by atoms with van der Waals surface area (Å²) in [6.45, 7) is 13.0. The predicted octanol–water partition coefficient (Wildman–Crippen LogP) is 5.55. The van der Waals surface area contributed by atoms with Crippen LogP contribution in [0.4, 0.5) is 0 Å². The van der Waals surface area contributed by atoms with E-state index in [1.807, 2.05) is 26.0 Å². The number of hydrogen-bond acceptors (Lipinski definition) is 10. The number of carbonyl (C=O) groups is 2. The zero-order valence-electron chi connectivity index (χ0n) is 33.1. The van der Waals surface area contributed by atoms with Gasteiger partial charge in [0.2, 0.25) is 31.9 Å². The predicted molar refractivity (Wildman–Crippen MR) is 211 cm³/mol. The zero-order chi connectivity index (χ0) is 40.4. The van der Waals surface area contributed by atoms with Crippen molar-refractivity contribution in [3.05, 3.63) is 70.4 Å². The number of aromatic nitrogens is 2. The Morgan fingerprint density at radius 2 is 0.911 bits per heavy atom. The molecule has 2 aromatic carbocycles. The average molecular weight is 809 g/mol. The van der Waals surface area contributed by atoms with Gasteiger partial charge in [0.15, 0.2) is 0 Å². The number of piperazine rings is 2. The van der Waals surface area contributed by atoms with Crippen LogP contribution in [0, 0.1) is 41.5 Å². The molecule has 0 spiro atoms. The lowest BCUT2D eigenvalue weighted by Crippen LogP contribution is -2.50. The fourth-order valence-corrected chi connectivity index (χ4v) is 11.1. The first-order chi connectivity index (χ1) is 26.6. The van der Waals surface area contributed by atoms with Crippen molar-refractivity contribution in [1.82, 2.24) is 28.7 Å². The van der Waals surface area contributed by atoms with Gasteiger partial charge in [-0.15, -0.1) is 0 Å². The van der Waals surface area contributed by atoms with Crippen LogP contribution in [0.3, 0.4) is 0 Å². The second kappa shape index (κ2) is 17.0. The third kappa shape index (κ3) is 8.62. The first kappa shape index (κ1) is 41.3. The summed E-state index contributed by atoms with van der Waals surface area (Å²) in [7, 11) is -7.56. The SMILES string of the molecule is Cc1ccc(-c2c(C)noc2C)cc1S(=O)(=O)N1CCN(C(=O)CCCCCCC(=O)N2CCN(S(=O)(=O)c3cc(-c4c(C)noc4C)ccc3C)CC2)CC1. The Bertz CT molecular complexity index is 2100. The molecule has 4 aromatic rings. The Kier molecular flexibility index (Phi) is 12.5. The van der Waals surface area contributed by atoms with E-state index >= 15 is 0 Å². The quantitative estimate of drug-likeness (QED) is 0.156. The van der Waals surface area contributed by atoms with Crippen LogP contribution < -0.4 is 0 Å². The molecule has 2 aliphatic heterocycles. The van der Waals surface area contributed by atoms with Crippen molar-refractivity contribution in [3.8, 4) is 22.3 Å². The van der Waals surface area contributed by atoms with E-state index in [0.29, 0.717) is 85.9 Å². The lowest BCUT2D eigenvalue weighted by Gasteiger charge is -2.34. The fourth-order valence-electron chi connectivity index (χ4n) is 7.71. The van der Waals surface area contributed by atoms with Crippen LogP contribution in [0.5, 0.6) is 0 Å². The highest BCUT2D eigenvalue weighted by molar-refractivity contribution is 7.89. The summed E-state index contributed by atoms with van der Waals surface area (Å²) < 4.78 is 68.3. The van der Waals surface area contributed by atoms with E-state index in [2.05, 4.69) is 10.3 Å². The van der Waals surface area contributed by atoms with Gasteiger partial charge in [-0.1, -0.05) is 47.4 Å². The van der Waals surface area contributed by atoms with Gasteiger partial charge < -0.3 is 18.8 Å². The molecule has 2 fully saturated rings. The largest absolute Gasteiger partial charge is 0.361 e. The fraction of sp³-hybridized carbons (Fsp3) is 0.500. The molecule has 14 nitrogen and oxygen atoms in total. The second-order valence-electron chi connectivity index (χ2n) is 14.8. The van der Waals surface area contributed by atoms with E-state index in [1.54, 1.807) is 61.8 Å². The van der Waals surface area contributed by atoms with Crippen LogP contribution in [0.2, 0.25) is 0 Å². The Morgan fingerprint density at radius 1 is 0.554 bits per heavy atom. The van der Waals surface area contributed by atoms with Gasteiger partial charge in [0.25, 0.3) is 0 Å². The van der Waals surface area contributed by atoms with Gasteiger partial charge in [-0.3, -0.25) is 9.59 Å². The molecule has 0 radical (unpaired) electrons. The number of aryl methyl sites for hydroxylation is 6. The first-order valence-corrected chi connectivity index (χ1v) is 22.1. The molecule has 2 saturated heterocycles. The molecule has 0 saturated carbocycles. The minimum absolute atomic E-state index is 0.00756. The summed E-state index contributed by atoms with van der Waals surface area (Å²) in [5.74, 6) is 1.27. The Morgan fingerprint density at radius 3 is 1.23 bits per heavy atom. The maximum Gasteiger partial charge on any atom is 0.243 e. The van der Waals surface area contributed by atoms with E-state index in [9.17, 15) is 26.4 Å². The third-order valence-electron chi connectivity index (χ3n) is 11.0. The van der Waals surface area contributed by atoms with Crippen LogP contribution in [-0.2, 0) is 29.6 Å². The Hall–Kier alpha value is -4.38. The van der Waals surface area contributed by atoms with E-state index in [1.165, 1.54) is 8.61 Å². The molecule has 0 unspecified atom stereocenters. The minimum Gasteiger partial charge on any atom is -0.361 e. The number of rotatable bonds is 13. The summed E-state index contributed by atoms with van der Waals surface area (Å²) >= 11 is 0. The number of sulfonamides is 2. The van der Waals surface area contributed by atoms with Gasteiger partial charge in [0, 0.05) is 76.3 Å². The average Bonchev–Trinajstić information content (AvgIpc) is 3.70. The number of nitrogens with zero attached hydrogens (tertiary/aromatic N) is 6. The number of carbonyl (C=O) groups excluding carboxylic acids is 2. The van der Waals surface area contributed by atoms with Crippen LogP contribution in [0.15, 0.2) is 55.2 Å². The summed E-state index contributed by atoms with van der Waals surface area (Å²) in [5, 5.41) is 8.00. The van der Waals surface area contributed by atoms with Crippen molar-refractivity contribution in [2.45, 2.75) is 89.9 Å². The summed E-state index contributed by atoms with van der Waals surface area (Å²) in [5.41, 5.74) is 5.74. The highest BCUT2D eigenvalue weighted by atomic mass is 32.2. The zero-order valence-corrected chi connectivity index (χ0v) is 34.8. The number of benzene rings is 2. The maximum absolute atomic E-state index is 13.7. The van der Waals surface area contributed by atoms with E-state index in [4.69, 9.17) is 9.05 Å². The standard InChI is InChI=1S/C40H52N6O8S2/c1-27-13-15-33(39-29(3)41-53-31(39)5)25-35(27)55(49,50)45-21-17-43(18-22-45)37(47)11-9-7-8-10-12-38(48)44-19-23-46(24-20-44)56(51,52)36-26-34(16-14-28(36)2)40-30(4)42-54-32(40)6/h13-16,25-26H,7-12,17-24H2,1-6H3. The van der Waals surface area contributed by atoms with E-state index < -0.39 is 20.0 Å². The molecular formula is C40H52N6O8S2. The van der Waals surface area contributed by atoms with Gasteiger partial charge in [0.05, 0.1) is 21.2 Å². The third-order valence-corrected chi connectivity index (χ3v) is 15.1. The number of amides is 2. The second-order valence-corrected chi connectivity index (χ2v) is 18.7. The monoisotopic (exact) mass is 808 g/mol. The summed E-state index contributed by atoms with van der Waals surface area (Å²) in [4.78, 5) is 30.0. The molecule has 2 aromatic heterocycles. The van der Waals surface area contributed by atoms with E-state index in [0.717, 1.165) is 35.1 Å². The number of unbranched alkanes of at least 4 members (excludes halogenated alkanes) is 3. The molecule has 0 aliphatic carbocycles. The van der Waals surface area contributed by atoms with Crippen molar-refractivity contribution in [2.24, 2.45) is 0 Å². The molecule has 4 heterocycles. The van der Waals surface area contributed by atoms with Crippen molar-refractivity contribution < 1.29 is 35.5 Å². The van der Waals surface area contributed by atoms with Crippen LogP contribution in [0.25, 0.3) is 22.3 Å². The lowest BCUT2D eigenvalue weighted by molar-refractivity contribution is -0.133. The molecule has 0 atom stereocenters. The van der Waals surface area contributed by atoms with Crippen molar-refractivity contribution in [2.75, 3.05) is 52.4 Å². The Balaban J connectivity index is 0.901. The normalized spacial score (nSPS) is 16.1. The van der Waals surface area contributed by atoms with Crippen LogP contribution in [0.1, 0.15) is 72.6 Å². The highest BCUT2D eigenvalue weighted by Crippen LogP contribution is 2.33.